The fraction of sp³-hybridized carbons (Fsp3) is 0.273. The maximum Gasteiger partial charge on any atom is 0.166 e. The topological polar surface area (TPSA) is 45.8 Å². The molecule has 2 heterocycles. The van der Waals surface area contributed by atoms with Gasteiger partial charge in [0, 0.05) is 29.0 Å². The van der Waals surface area contributed by atoms with Gasteiger partial charge in [-0.2, -0.15) is 0 Å². The zero-order chi connectivity index (χ0) is 18.1. The molecular weight excluding hydrogens is 340 g/mol. The minimum Gasteiger partial charge on any atom is -0.356 e. The molecule has 1 aromatic carbocycles. The number of hydrogen-bond acceptors (Lipinski definition) is 3. The Balaban J connectivity index is 1.77. The smallest absolute Gasteiger partial charge is 0.166 e. The van der Waals surface area contributed by atoms with Crippen molar-refractivity contribution in [1.82, 2.24) is 9.97 Å². The van der Waals surface area contributed by atoms with Crippen molar-refractivity contribution in [2.24, 2.45) is 5.41 Å². The van der Waals surface area contributed by atoms with Crippen LogP contribution in [-0.2, 0) is 12.2 Å². The number of fused-ring (bicyclic) bond motifs is 1. The summed E-state index contributed by atoms with van der Waals surface area (Å²) in [6, 6.07) is 16.3. The minimum absolute atomic E-state index is 0.00229. The zero-order valence-electron chi connectivity index (χ0n) is 15.1. The molecule has 0 aliphatic heterocycles. The van der Waals surface area contributed by atoms with Crippen molar-refractivity contribution in [3.63, 3.8) is 0 Å². The zero-order valence-corrected chi connectivity index (χ0v) is 15.9. The van der Waals surface area contributed by atoms with Crippen LogP contribution in [0.4, 0.5) is 0 Å². The van der Waals surface area contributed by atoms with E-state index in [0.29, 0.717) is 6.42 Å². The second kappa shape index (κ2) is 6.76. The van der Waals surface area contributed by atoms with E-state index in [9.17, 15) is 4.79 Å². The van der Waals surface area contributed by atoms with Crippen molar-refractivity contribution in [2.75, 3.05) is 0 Å². The van der Waals surface area contributed by atoms with Crippen molar-refractivity contribution in [1.29, 1.82) is 0 Å². The van der Waals surface area contributed by atoms with Crippen LogP contribution in [0.5, 0.6) is 0 Å². The molecule has 1 aliphatic carbocycles. The van der Waals surface area contributed by atoms with Gasteiger partial charge in [-0.15, -0.1) is 11.8 Å². The molecule has 0 radical (unpaired) electrons. The maximum atomic E-state index is 12.9. The largest absolute Gasteiger partial charge is 0.356 e. The quantitative estimate of drug-likeness (QED) is 0.621. The molecule has 0 spiro atoms. The van der Waals surface area contributed by atoms with Gasteiger partial charge in [0.25, 0.3) is 0 Å². The van der Waals surface area contributed by atoms with Crippen LogP contribution in [0.1, 0.15) is 41.9 Å². The number of Topliss-reactive ketones (excluding diaryl/α,β-unsaturated/α-hetero) is 1. The molecule has 4 rings (SSSR count). The third-order valence-electron chi connectivity index (χ3n) is 4.75. The van der Waals surface area contributed by atoms with Crippen LogP contribution < -0.4 is 0 Å². The first-order valence-corrected chi connectivity index (χ1v) is 9.88. The Hall–Kier alpha value is -2.33. The SMILES string of the molecule is CC1(C)CC(=O)c2c([nH]c(-c3ccccn3)c2SCc2ccccc2)C1. The van der Waals surface area contributed by atoms with Crippen LogP contribution in [0.2, 0.25) is 0 Å². The fourth-order valence-electron chi connectivity index (χ4n) is 3.59. The summed E-state index contributed by atoms with van der Waals surface area (Å²) in [5.74, 6) is 1.08. The number of benzene rings is 1. The predicted molar refractivity (Wildman–Crippen MR) is 106 cm³/mol. The van der Waals surface area contributed by atoms with E-state index >= 15 is 0 Å². The van der Waals surface area contributed by atoms with E-state index in [2.05, 4.69) is 48.1 Å². The first-order valence-electron chi connectivity index (χ1n) is 8.90. The van der Waals surface area contributed by atoms with Gasteiger partial charge in [0.2, 0.25) is 0 Å². The van der Waals surface area contributed by atoms with E-state index in [0.717, 1.165) is 39.7 Å². The van der Waals surface area contributed by atoms with Crippen LogP contribution in [0.25, 0.3) is 11.4 Å². The van der Waals surface area contributed by atoms with Gasteiger partial charge in [-0.3, -0.25) is 9.78 Å². The number of ketones is 1. The third-order valence-corrected chi connectivity index (χ3v) is 5.93. The normalized spacial score (nSPS) is 15.7. The molecule has 0 atom stereocenters. The lowest BCUT2D eigenvalue weighted by molar-refractivity contribution is 0.0908. The van der Waals surface area contributed by atoms with Crippen molar-refractivity contribution in [2.45, 2.75) is 37.3 Å². The molecule has 1 N–H and O–H groups in total. The highest BCUT2D eigenvalue weighted by atomic mass is 32.2. The number of hydrogen-bond donors (Lipinski definition) is 1. The second-order valence-corrected chi connectivity index (χ2v) is 8.60. The number of H-pyrrole nitrogens is 1. The summed E-state index contributed by atoms with van der Waals surface area (Å²) in [6.45, 7) is 4.32. The molecule has 4 heteroatoms. The van der Waals surface area contributed by atoms with Crippen molar-refractivity contribution in [3.8, 4) is 11.4 Å². The Morgan fingerprint density at radius 3 is 2.58 bits per heavy atom. The summed E-state index contributed by atoms with van der Waals surface area (Å²) in [4.78, 5) is 22.0. The lowest BCUT2D eigenvalue weighted by Gasteiger charge is -2.28. The first kappa shape index (κ1) is 17.1. The summed E-state index contributed by atoms with van der Waals surface area (Å²) in [5.41, 5.74) is 5.06. The predicted octanol–water partition coefficient (Wildman–Crippen LogP) is 5.52. The second-order valence-electron chi connectivity index (χ2n) is 7.61. The van der Waals surface area contributed by atoms with E-state index in [-0.39, 0.29) is 11.2 Å². The van der Waals surface area contributed by atoms with E-state index in [1.54, 1.807) is 18.0 Å². The molecule has 0 bridgehead atoms. The van der Waals surface area contributed by atoms with Crippen molar-refractivity contribution < 1.29 is 4.79 Å². The molecule has 0 saturated heterocycles. The van der Waals surface area contributed by atoms with Crippen LogP contribution >= 0.6 is 11.8 Å². The molecule has 132 valence electrons. The number of pyridine rings is 1. The molecule has 0 saturated carbocycles. The van der Waals surface area contributed by atoms with Gasteiger partial charge in [-0.05, 0) is 29.5 Å². The average Bonchev–Trinajstić information content (AvgIpc) is 2.99. The number of carbonyl (C=O) groups excluding carboxylic acids is 1. The lowest BCUT2D eigenvalue weighted by Crippen LogP contribution is -2.26. The lowest BCUT2D eigenvalue weighted by atomic mass is 9.76. The Bertz CT molecular complexity index is 930. The number of thioether (sulfide) groups is 1. The van der Waals surface area contributed by atoms with E-state index in [4.69, 9.17) is 0 Å². The van der Waals surface area contributed by atoms with Crippen LogP contribution in [0.15, 0.2) is 59.6 Å². The van der Waals surface area contributed by atoms with Crippen molar-refractivity contribution >= 4 is 17.5 Å². The fourth-order valence-corrected chi connectivity index (χ4v) is 4.77. The van der Waals surface area contributed by atoms with Gasteiger partial charge < -0.3 is 4.98 Å². The molecule has 0 amide bonds. The van der Waals surface area contributed by atoms with Gasteiger partial charge in [0.05, 0.1) is 17.0 Å². The Morgan fingerprint density at radius 2 is 1.85 bits per heavy atom. The van der Waals surface area contributed by atoms with Gasteiger partial charge in [-0.25, -0.2) is 0 Å². The first-order chi connectivity index (χ1) is 12.5. The number of aromatic nitrogens is 2. The van der Waals surface area contributed by atoms with Crippen LogP contribution in [0.3, 0.4) is 0 Å². The Kier molecular flexibility index (Phi) is 4.45. The van der Waals surface area contributed by atoms with Crippen LogP contribution in [0, 0.1) is 5.41 Å². The minimum atomic E-state index is -0.00229. The molecule has 3 aromatic rings. The van der Waals surface area contributed by atoms with Gasteiger partial charge in [0.15, 0.2) is 5.78 Å². The molecule has 1 aliphatic rings. The number of rotatable bonds is 4. The highest BCUT2D eigenvalue weighted by Gasteiger charge is 2.35. The number of nitrogens with zero attached hydrogens (tertiary/aromatic N) is 1. The van der Waals surface area contributed by atoms with Crippen LogP contribution in [-0.4, -0.2) is 15.8 Å². The van der Waals surface area contributed by atoms with E-state index in [1.165, 1.54) is 5.56 Å². The summed E-state index contributed by atoms with van der Waals surface area (Å²) < 4.78 is 0. The van der Waals surface area contributed by atoms with Crippen molar-refractivity contribution in [3.05, 3.63) is 71.5 Å². The molecule has 3 nitrogen and oxygen atoms in total. The van der Waals surface area contributed by atoms with E-state index < -0.39 is 0 Å². The average molecular weight is 362 g/mol. The van der Waals surface area contributed by atoms with Gasteiger partial charge >= 0.3 is 0 Å². The molecule has 0 unspecified atom stereocenters. The third kappa shape index (κ3) is 3.34. The monoisotopic (exact) mass is 362 g/mol. The highest BCUT2D eigenvalue weighted by Crippen LogP contribution is 2.43. The number of aromatic amines is 1. The number of carbonyl (C=O) groups is 1. The van der Waals surface area contributed by atoms with E-state index in [1.807, 2.05) is 24.3 Å². The van der Waals surface area contributed by atoms with Gasteiger partial charge in [-0.1, -0.05) is 50.2 Å². The highest BCUT2D eigenvalue weighted by molar-refractivity contribution is 7.98. The maximum absolute atomic E-state index is 12.9. The summed E-state index contributed by atoms with van der Waals surface area (Å²) in [6.07, 6.45) is 3.28. The Labute approximate surface area is 158 Å². The molecule has 0 fully saturated rings. The summed E-state index contributed by atoms with van der Waals surface area (Å²) in [7, 11) is 0. The summed E-state index contributed by atoms with van der Waals surface area (Å²) >= 11 is 1.73. The van der Waals surface area contributed by atoms with Gasteiger partial charge in [0.1, 0.15) is 0 Å². The molecule has 2 aromatic heterocycles. The Morgan fingerprint density at radius 1 is 1.08 bits per heavy atom. The number of nitrogens with one attached hydrogen (secondary N) is 1. The molecular formula is C22H22N2OS. The summed E-state index contributed by atoms with van der Waals surface area (Å²) in [5, 5.41) is 0. The molecule has 26 heavy (non-hydrogen) atoms. The standard InChI is InChI=1S/C22H22N2OS/c1-22(2)12-17-19(18(25)13-22)21(26-14-15-8-4-3-5-9-15)20(24-17)16-10-6-7-11-23-16/h3-11,24H,12-14H2,1-2H3.